The van der Waals surface area contributed by atoms with E-state index in [4.69, 9.17) is 4.74 Å². The number of benzene rings is 1. The average Bonchev–Trinajstić information content (AvgIpc) is 3.81. The van der Waals surface area contributed by atoms with Crippen molar-refractivity contribution in [2.24, 2.45) is 11.3 Å². The molecule has 5 rings (SSSR count). The molecular weight excluding hydrogens is 574 g/mol. The lowest BCUT2D eigenvalue weighted by Gasteiger charge is -2.61. The summed E-state index contributed by atoms with van der Waals surface area (Å²) < 4.78 is 7.14. The molecule has 0 amide bonds. The maximum absolute atomic E-state index is 13.8. The summed E-state index contributed by atoms with van der Waals surface area (Å²) >= 11 is 0. The Morgan fingerprint density at radius 1 is 0.957 bits per heavy atom. The van der Waals surface area contributed by atoms with Crippen molar-refractivity contribution in [3.05, 3.63) is 53.1 Å². The van der Waals surface area contributed by atoms with Gasteiger partial charge in [-0.15, -0.1) is 0 Å². The van der Waals surface area contributed by atoms with E-state index >= 15 is 0 Å². The number of carbonyl (C=O) groups excluding carboxylic acids is 1. The molecule has 2 heterocycles. The first kappa shape index (κ1) is 36.4. The van der Waals surface area contributed by atoms with Gasteiger partial charge in [0.25, 0.3) is 0 Å². The third-order valence-corrected chi connectivity index (χ3v) is 12.9. The second kappa shape index (κ2) is 16.7. The number of rotatable bonds is 22. The summed E-state index contributed by atoms with van der Waals surface area (Å²) in [6.07, 6.45) is 28.9. The van der Waals surface area contributed by atoms with E-state index in [-0.39, 0.29) is 22.9 Å². The first-order valence-electron chi connectivity index (χ1n) is 20.2. The Morgan fingerprint density at radius 3 is 2.26 bits per heavy atom. The SMILES string of the molecule is C=C(CC)C1Oc2c(C(CC)C(=O)CCCCCCC/C=C\CCCCCCCC)ccc3c2C12CCN(CC1CC1)C(C3)C2(C)C. The van der Waals surface area contributed by atoms with Crippen LogP contribution in [0, 0.1) is 11.3 Å². The molecule has 4 aliphatic rings. The van der Waals surface area contributed by atoms with Crippen LogP contribution in [0.25, 0.3) is 0 Å². The zero-order chi connectivity index (χ0) is 33.4. The normalized spacial score (nSPS) is 25.1. The summed E-state index contributed by atoms with van der Waals surface area (Å²) in [5, 5.41) is 0. The predicted molar refractivity (Wildman–Crippen MR) is 200 cm³/mol. The van der Waals surface area contributed by atoms with Gasteiger partial charge in [0, 0.05) is 41.5 Å². The van der Waals surface area contributed by atoms with E-state index < -0.39 is 0 Å². The minimum absolute atomic E-state index is 0.00118. The molecule has 0 aromatic heterocycles. The van der Waals surface area contributed by atoms with Crippen LogP contribution >= 0.6 is 0 Å². The van der Waals surface area contributed by atoms with Gasteiger partial charge < -0.3 is 4.74 Å². The van der Waals surface area contributed by atoms with Crippen molar-refractivity contribution >= 4 is 5.78 Å². The van der Waals surface area contributed by atoms with Crippen LogP contribution in [0.2, 0.25) is 0 Å². The lowest BCUT2D eigenvalue weighted by atomic mass is 9.48. The lowest BCUT2D eigenvalue weighted by molar-refractivity contribution is -0.120. The summed E-state index contributed by atoms with van der Waals surface area (Å²) in [6, 6.07) is 5.20. The molecule has 3 nitrogen and oxygen atoms in total. The molecule has 0 N–H and O–H groups in total. The van der Waals surface area contributed by atoms with Gasteiger partial charge in [0.1, 0.15) is 17.6 Å². The number of ketones is 1. The van der Waals surface area contributed by atoms with Crippen LogP contribution in [0.3, 0.4) is 0 Å². The first-order chi connectivity index (χ1) is 22.8. The van der Waals surface area contributed by atoms with Gasteiger partial charge in [0.05, 0.1) is 0 Å². The highest BCUT2D eigenvalue weighted by Crippen LogP contribution is 2.66. The van der Waals surface area contributed by atoms with Crippen LogP contribution in [0.5, 0.6) is 5.75 Å². The van der Waals surface area contributed by atoms with Crippen molar-refractivity contribution < 1.29 is 9.53 Å². The molecule has 3 heteroatoms. The smallest absolute Gasteiger partial charge is 0.140 e. The number of hydrogen-bond acceptors (Lipinski definition) is 3. The van der Waals surface area contributed by atoms with Crippen molar-refractivity contribution in [3.63, 3.8) is 0 Å². The predicted octanol–water partition coefficient (Wildman–Crippen LogP) is 11.8. The molecule has 1 saturated heterocycles. The quantitative estimate of drug-likeness (QED) is 0.0930. The van der Waals surface area contributed by atoms with E-state index in [1.54, 1.807) is 0 Å². The van der Waals surface area contributed by atoms with E-state index in [2.05, 4.69) is 70.4 Å². The summed E-state index contributed by atoms with van der Waals surface area (Å²) in [7, 11) is 0. The second-order valence-corrected chi connectivity index (χ2v) is 16.4. The number of likely N-dealkylation sites (tertiary alicyclic amines) is 1. The number of nitrogens with zero attached hydrogens (tertiary/aromatic N) is 1. The van der Waals surface area contributed by atoms with Crippen molar-refractivity contribution in [1.29, 1.82) is 0 Å². The van der Waals surface area contributed by atoms with Crippen molar-refractivity contribution in [3.8, 4) is 5.75 Å². The molecule has 1 aromatic carbocycles. The van der Waals surface area contributed by atoms with E-state index in [1.165, 1.54) is 107 Å². The number of piperidine rings is 1. The zero-order valence-corrected chi connectivity index (χ0v) is 31.1. The van der Waals surface area contributed by atoms with Crippen LogP contribution in [0.15, 0.2) is 36.4 Å². The number of unbranched alkanes of at least 4 members (excludes halogenated alkanes) is 11. The van der Waals surface area contributed by atoms with Gasteiger partial charge >= 0.3 is 0 Å². The summed E-state index contributed by atoms with van der Waals surface area (Å²) in [6.45, 7) is 18.8. The number of Topliss-reactive ketones (excluding diaryl/α,β-unsaturated/α-hetero) is 1. The largest absolute Gasteiger partial charge is 0.484 e. The van der Waals surface area contributed by atoms with Crippen LogP contribution < -0.4 is 4.74 Å². The Kier molecular flexibility index (Phi) is 12.9. The fraction of sp³-hybridized carbons (Fsp3) is 0.750. The standard InChI is InChI=1S/C44H69NO2/c1-7-10-11-12-13-14-15-16-17-18-19-20-21-22-23-24-38(46)36(9-3)37-28-27-35-31-39-43(5,6)44(29-30-45(39)32-34-25-26-34)40(35)41(37)47-42(44)33(4)8-2/h16-17,27-28,34,36,39,42H,4,7-15,18-26,29-32H2,1-3,5-6H3/b17-16-. The Balaban J connectivity index is 1.17. The minimum Gasteiger partial charge on any atom is -0.484 e. The molecule has 1 saturated carbocycles. The molecular formula is C44H69NO2. The Hall–Kier alpha value is -1.87. The molecule has 2 bridgehead atoms. The monoisotopic (exact) mass is 644 g/mol. The number of hydrogen-bond donors (Lipinski definition) is 0. The highest BCUT2D eigenvalue weighted by Gasteiger charge is 2.66. The van der Waals surface area contributed by atoms with Crippen LogP contribution in [-0.4, -0.2) is 35.9 Å². The third kappa shape index (κ3) is 7.81. The van der Waals surface area contributed by atoms with E-state index in [1.807, 2.05) is 0 Å². The number of fused-ring (bicyclic) bond motifs is 1. The van der Waals surface area contributed by atoms with Crippen LogP contribution in [0.4, 0.5) is 0 Å². The fourth-order valence-electron chi connectivity index (χ4n) is 9.74. The van der Waals surface area contributed by atoms with Crippen molar-refractivity contribution in [2.75, 3.05) is 13.1 Å². The van der Waals surface area contributed by atoms with Gasteiger partial charge in [0.15, 0.2) is 0 Å². The third-order valence-electron chi connectivity index (χ3n) is 12.9. The molecule has 1 aromatic rings. The van der Waals surface area contributed by atoms with Crippen LogP contribution in [-0.2, 0) is 16.6 Å². The van der Waals surface area contributed by atoms with Crippen molar-refractivity contribution in [2.45, 2.75) is 187 Å². The van der Waals surface area contributed by atoms with Gasteiger partial charge in [-0.2, -0.15) is 0 Å². The van der Waals surface area contributed by atoms with Gasteiger partial charge in [-0.25, -0.2) is 0 Å². The molecule has 47 heavy (non-hydrogen) atoms. The van der Waals surface area contributed by atoms with E-state index in [0.29, 0.717) is 18.2 Å². The Labute approximate surface area is 289 Å². The second-order valence-electron chi connectivity index (χ2n) is 16.4. The zero-order valence-electron chi connectivity index (χ0n) is 31.1. The molecule has 2 fully saturated rings. The average molecular weight is 644 g/mol. The Bertz CT molecular complexity index is 1220. The lowest BCUT2D eigenvalue weighted by Crippen LogP contribution is -2.67. The maximum Gasteiger partial charge on any atom is 0.140 e. The maximum atomic E-state index is 13.8. The van der Waals surface area contributed by atoms with Crippen molar-refractivity contribution in [1.82, 2.24) is 4.90 Å². The number of allylic oxidation sites excluding steroid dienone is 2. The van der Waals surface area contributed by atoms with Gasteiger partial charge in [-0.1, -0.05) is 117 Å². The Morgan fingerprint density at radius 2 is 1.62 bits per heavy atom. The van der Waals surface area contributed by atoms with Gasteiger partial charge in [-0.3, -0.25) is 9.69 Å². The first-order valence-corrected chi connectivity index (χ1v) is 20.2. The van der Waals surface area contributed by atoms with E-state index in [9.17, 15) is 4.79 Å². The topological polar surface area (TPSA) is 29.5 Å². The van der Waals surface area contributed by atoms with Gasteiger partial charge in [-0.05, 0) is 99.6 Å². The summed E-state index contributed by atoms with van der Waals surface area (Å²) in [5.41, 5.74) is 5.32. The van der Waals surface area contributed by atoms with Gasteiger partial charge in [0.2, 0.25) is 0 Å². The minimum atomic E-state index is -0.0754. The van der Waals surface area contributed by atoms with E-state index in [0.717, 1.165) is 62.3 Å². The molecule has 1 spiro atoms. The highest BCUT2D eigenvalue weighted by atomic mass is 16.5. The highest BCUT2D eigenvalue weighted by molar-refractivity contribution is 5.87. The number of carbonyl (C=O) groups is 1. The molecule has 262 valence electrons. The van der Waals surface area contributed by atoms with Crippen LogP contribution in [0.1, 0.15) is 179 Å². The molecule has 0 radical (unpaired) electrons. The molecule has 4 unspecified atom stereocenters. The number of ether oxygens (including phenoxy) is 1. The molecule has 2 aliphatic heterocycles. The summed E-state index contributed by atoms with van der Waals surface area (Å²) in [5.74, 6) is 2.30. The molecule has 4 atom stereocenters. The molecule has 2 aliphatic carbocycles. The fourth-order valence-corrected chi connectivity index (χ4v) is 9.74. The summed E-state index contributed by atoms with van der Waals surface area (Å²) in [4.78, 5) is 16.7.